The fourth-order valence-corrected chi connectivity index (χ4v) is 2.44. The summed E-state index contributed by atoms with van der Waals surface area (Å²) < 4.78 is 11.6. The van der Waals surface area contributed by atoms with E-state index >= 15 is 0 Å². The highest BCUT2D eigenvalue weighted by atomic mass is 32.1. The van der Waals surface area contributed by atoms with Gasteiger partial charge in [0.1, 0.15) is 6.29 Å². The molecule has 0 aliphatic rings. The number of aromatic nitrogens is 1. The second-order valence-electron chi connectivity index (χ2n) is 2.99. The van der Waals surface area contributed by atoms with E-state index in [-0.39, 0.29) is 6.29 Å². The minimum Gasteiger partial charge on any atom is -0.350 e. The highest BCUT2D eigenvalue weighted by molar-refractivity contribution is 7.51. The molecule has 1 aromatic carbocycles. The number of benzene rings is 1. The van der Waals surface area contributed by atoms with E-state index < -0.39 is 7.60 Å². The second-order valence-corrected chi connectivity index (χ2v) is 5.66. The van der Waals surface area contributed by atoms with Gasteiger partial charge in [0, 0.05) is 0 Å². The highest BCUT2D eigenvalue weighted by Gasteiger charge is 2.13. The third-order valence-electron chi connectivity index (χ3n) is 1.73. The number of hydrogen-bond donors (Lipinski definition) is 3. The third kappa shape index (κ3) is 2.76. The van der Waals surface area contributed by atoms with Crippen LogP contribution in [0.3, 0.4) is 0 Å². The number of nitrogens with one attached hydrogen (secondary N) is 1. The molecule has 1 aromatic heterocycles. The maximum atomic E-state index is 10.6. The quantitative estimate of drug-likeness (QED) is 0.717. The molecule has 5 nitrogen and oxygen atoms in total. The SMILES string of the molecule is O=P(O)(O)CNc1nc2ccccc2s1. The van der Waals surface area contributed by atoms with E-state index in [1.165, 1.54) is 11.3 Å². The van der Waals surface area contributed by atoms with E-state index in [4.69, 9.17) is 9.79 Å². The molecule has 0 aliphatic heterocycles. The molecule has 0 spiro atoms. The Bertz CT molecular complexity index is 488. The van der Waals surface area contributed by atoms with Gasteiger partial charge in [0.15, 0.2) is 5.13 Å². The van der Waals surface area contributed by atoms with Gasteiger partial charge in [0.05, 0.1) is 10.2 Å². The number of fused-ring (bicyclic) bond motifs is 1. The molecule has 0 bridgehead atoms. The molecule has 2 aromatic rings. The van der Waals surface area contributed by atoms with Crippen LogP contribution in [0, 0.1) is 0 Å². The van der Waals surface area contributed by atoms with Crippen LogP contribution >= 0.6 is 18.9 Å². The van der Waals surface area contributed by atoms with E-state index in [1.807, 2.05) is 24.3 Å². The summed E-state index contributed by atoms with van der Waals surface area (Å²) in [6.07, 6.45) is -0.382. The first-order chi connectivity index (χ1) is 7.04. The average molecular weight is 244 g/mol. The van der Waals surface area contributed by atoms with Crippen molar-refractivity contribution in [2.45, 2.75) is 0 Å². The van der Waals surface area contributed by atoms with Crippen molar-refractivity contribution in [3.8, 4) is 0 Å². The van der Waals surface area contributed by atoms with Gasteiger partial charge < -0.3 is 15.1 Å². The summed E-state index contributed by atoms with van der Waals surface area (Å²) in [5, 5.41) is 3.15. The van der Waals surface area contributed by atoms with Crippen LogP contribution in [0.15, 0.2) is 24.3 Å². The number of nitrogens with zero attached hydrogens (tertiary/aromatic N) is 1. The van der Waals surface area contributed by atoms with Crippen molar-refractivity contribution in [2.24, 2.45) is 0 Å². The predicted octanol–water partition coefficient (Wildman–Crippen LogP) is 1.84. The molecule has 0 fully saturated rings. The Balaban J connectivity index is 2.19. The van der Waals surface area contributed by atoms with Crippen LogP contribution in [0.4, 0.5) is 5.13 Å². The first kappa shape index (κ1) is 10.6. The molecule has 0 amide bonds. The normalized spacial score (nSPS) is 11.9. The summed E-state index contributed by atoms with van der Waals surface area (Å²) in [5.41, 5.74) is 0.829. The molecule has 3 N–H and O–H groups in total. The smallest absolute Gasteiger partial charge is 0.344 e. The van der Waals surface area contributed by atoms with E-state index in [2.05, 4.69) is 10.3 Å². The van der Waals surface area contributed by atoms with Gasteiger partial charge in [-0.25, -0.2) is 4.98 Å². The highest BCUT2D eigenvalue weighted by Crippen LogP contribution is 2.35. The van der Waals surface area contributed by atoms with Gasteiger partial charge in [-0.2, -0.15) is 0 Å². The zero-order valence-electron chi connectivity index (χ0n) is 7.62. The molecule has 15 heavy (non-hydrogen) atoms. The monoisotopic (exact) mass is 244 g/mol. The van der Waals surface area contributed by atoms with Crippen molar-refractivity contribution >= 4 is 34.3 Å². The molecule has 0 saturated heterocycles. The first-order valence-corrected chi connectivity index (χ1v) is 6.80. The summed E-state index contributed by atoms with van der Waals surface area (Å²) in [6.45, 7) is 0. The molecule has 0 aliphatic carbocycles. The molecule has 7 heteroatoms. The van der Waals surface area contributed by atoms with E-state index in [1.54, 1.807) is 0 Å². The lowest BCUT2D eigenvalue weighted by atomic mass is 10.3. The van der Waals surface area contributed by atoms with Crippen molar-refractivity contribution < 1.29 is 14.4 Å². The molecule has 2 rings (SSSR count). The maximum Gasteiger partial charge on any atom is 0.344 e. The lowest BCUT2D eigenvalue weighted by Gasteiger charge is -2.03. The number of anilines is 1. The lowest BCUT2D eigenvalue weighted by Crippen LogP contribution is -2.00. The largest absolute Gasteiger partial charge is 0.350 e. The molecule has 0 saturated carbocycles. The standard InChI is InChI=1S/C8H9N2O3PS/c11-14(12,13)5-9-8-10-6-3-1-2-4-7(6)15-8/h1-4H,5H2,(H,9,10)(H2,11,12,13). The van der Waals surface area contributed by atoms with Gasteiger partial charge >= 0.3 is 7.60 Å². The van der Waals surface area contributed by atoms with Crippen LogP contribution in [0.25, 0.3) is 10.2 Å². The van der Waals surface area contributed by atoms with Gasteiger partial charge in [-0.15, -0.1) is 0 Å². The summed E-state index contributed by atoms with van der Waals surface area (Å²) >= 11 is 1.37. The molecule has 80 valence electrons. The molecule has 1 heterocycles. The van der Waals surface area contributed by atoms with Crippen LogP contribution < -0.4 is 5.32 Å². The van der Waals surface area contributed by atoms with E-state index in [9.17, 15) is 4.57 Å². The van der Waals surface area contributed by atoms with Crippen molar-refractivity contribution in [1.82, 2.24) is 4.98 Å². The fraction of sp³-hybridized carbons (Fsp3) is 0.125. The van der Waals surface area contributed by atoms with Crippen LogP contribution in [0.2, 0.25) is 0 Å². The Morgan fingerprint density at radius 3 is 2.80 bits per heavy atom. The Morgan fingerprint density at radius 2 is 2.13 bits per heavy atom. The number of rotatable bonds is 3. The lowest BCUT2D eigenvalue weighted by molar-refractivity contribution is 0.375. The zero-order valence-corrected chi connectivity index (χ0v) is 9.33. The minimum absolute atomic E-state index is 0.382. The minimum atomic E-state index is -4.02. The zero-order chi connectivity index (χ0) is 10.9. The van der Waals surface area contributed by atoms with E-state index in [0.717, 1.165) is 10.2 Å². The Kier molecular flexibility index (Phi) is 2.75. The molecule has 0 radical (unpaired) electrons. The van der Waals surface area contributed by atoms with E-state index in [0.29, 0.717) is 5.13 Å². The number of hydrogen-bond acceptors (Lipinski definition) is 4. The maximum absolute atomic E-state index is 10.6. The molecule has 0 unspecified atom stereocenters. The first-order valence-electron chi connectivity index (χ1n) is 4.19. The summed E-state index contributed by atoms with van der Waals surface area (Å²) in [7, 11) is -4.02. The number of thiazole rings is 1. The number of para-hydroxylation sites is 1. The van der Waals surface area contributed by atoms with Crippen LogP contribution in [-0.2, 0) is 4.57 Å². The molecular formula is C8H9N2O3PS. The third-order valence-corrected chi connectivity index (χ3v) is 3.29. The van der Waals surface area contributed by atoms with Gasteiger partial charge in [-0.05, 0) is 12.1 Å². The average Bonchev–Trinajstić information content (AvgIpc) is 2.56. The fourth-order valence-electron chi connectivity index (χ4n) is 1.12. The van der Waals surface area contributed by atoms with Crippen LogP contribution in [0.1, 0.15) is 0 Å². The molecular weight excluding hydrogens is 235 g/mol. The van der Waals surface area contributed by atoms with Gasteiger partial charge in [-0.1, -0.05) is 23.5 Å². The summed E-state index contributed by atoms with van der Waals surface area (Å²) in [5.74, 6) is 0. The van der Waals surface area contributed by atoms with Crippen LogP contribution in [0.5, 0.6) is 0 Å². The topological polar surface area (TPSA) is 82.5 Å². The van der Waals surface area contributed by atoms with Crippen molar-refractivity contribution in [3.63, 3.8) is 0 Å². The summed E-state index contributed by atoms with van der Waals surface area (Å²) in [4.78, 5) is 21.5. The predicted molar refractivity (Wildman–Crippen MR) is 60.2 cm³/mol. The van der Waals surface area contributed by atoms with Gasteiger partial charge in [-0.3, -0.25) is 4.57 Å². The summed E-state index contributed by atoms with van der Waals surface area (Å²) in [6, 6.07) is 7.53. The Labute approximate surface area is 89.9 Å². The van der Waals surface area contributed by atoms with Crippen molar-refractivity contribution in [1.29, 1.82) is 0 Å². The van der Waals surface area contributed by atoms with Gasteiger partial charge in [0.25, 0.3) is 0 Å². The van der Waals surface area contributed by atoms with Crippen molar-refractivity contribution in [2.75, 3.05) is 11.6 Å². The Morgan fingerprint density at radius 1 is 1.40 bits per heavy atom. The van der Waals surface area contributed by atoms with Gasteiger partial charge in [0.2, 0.25) is 0 Å². The second kappa shape index (κ2) is 3.90. The molecule has 0 atom stereocenters. The van der Waals surface area contributed by atoms with Crippen LogP contribution in [-0.4, -0.2) is 21.1 Å². The Hall–Kier alpha value is -0.940. The van der Waals surface area contributed by atoms with Crippen molar-refractivity contribution in [3.05, 3.63) is 24.3 Å².